The Kier molecular flexibility index (Phi) is 6.67. The van der Waals surface area contributed by atoms with E-state index in [0.29, 0.717) is 18.3 Å². The largest absolute Gasteiger partial charge is 0.480 e. The van der Waals surface area contributed by atoms with E-state index in [1.165, 1.54) is 0 Å². The highest BCUT2D eigenvalue weighted by Crippen LogP contribution is 2.33. The summed E-state index contributed by atoms with van der Waals surface area (Å²) in [5.74, 6) is 0.689. The van der Waals surface area contributed by atoms with Gasteiger partial charge in [-0.25, -0.2) is 4.79 Å². The van der Waals surface area contributed by atoms with E-state index in [-0.39, 0.29) is 17.7 Å². The van der Waals surface area contributed by atoms with Gasteiger partial charge in [0.2, 0.25) is 5.91 Å². The van der Waals surface area contributed by atoms with Crippen molar-refractivity contribution < 1.29 is 14.7 Å². The van der Waals surface area contributed by atoms with Crippen molar-refractivity contribution in [2.45, 2.75) is 71.3 Å². The van der Waals surface area contributed by atoms with Crippen LogP contribution < -0.4 is 5.32 Å². The quantitative estimate of drug-likeness (QED) is 0.732. The van der Waals surface area contributed by atoms with Gasteiger partial charge in [0.05, 0.1) is 0 Å². The molecular formula is C19H31NO3. The van der Waals surface area contributed by atoms with Crippen LogP contribution >= 0.6 is 0 Å². The van der Waals surface area contributed by atoms with Crippen molar-refractivity contribution in [1.29, 1.82) is 0 Å². The molecule has 4 heteroatoms. The van der Waals surface area contributed by atoms with Crippen molar-refractivity contribution in [3.05, 3.63) is 12.2 Å². The summed E-state index contributed by atoms with van der Waals surface area (Å²) in [5.41, 5.74) is 0. The smallest absolute Gasteiger partial charge is 0.326 e. The molecule has 0 spiro atoms. The predicted octanol–water partition coefficient (Wildman–Crippen LogP) is 3.76. The predicted molar refractivity (Wildman–Crippen MR) is 91.0 cm³/mol. The lowest BCUT2D eigenvalue weighted by Gasteiger charge is -2.31. The third-order valence-corrected chi connectivity index (χ3v) is 5.59. The first kappa shape index (κ1) is 18.0. The summed E-state index contributed by atoms with van der Waals surface area (Å²) in [4.78, 5) is 23.9. The molecule has 0 aromatic rings. The molecule has 1 fully saturated rings. The van der Waals surface area contributed by atoms with Gasteiger partial charge in [-0.05, 0) is 69.1 Å². The van der Waals surface area contributed by atoms with Crippen LogP contribution in [-0.4, -0.2) is 23.0 Å². The number of rotatable bonds is 6. The fourth-order valence-electron chi connectivity index (χ4n) is 3.94. The van der Waals surface area contributed by atoms with Crippen LogP contribution in [0, 0.1) is 23.7 Å². The van der Waals surface area contributed by atoms with E-state index in [0.717, 1.165) is 44.9 Å². The zero-order valence-corrected chi connectivity index (χ0v) is 14.5. The lowest BCUT2D eigenvalue weighted by molar-refractivity contribution is -0.143. The molecule has 2 aliphatic carbocycles. The maximum absolute atomic E-state index is 12.4. The average Bonchev–Trinajstić information content (AvgIpc) is 2.55. The van der Waals surface area contributed by atoms with Crippen LogP contribution in [0.5, 0.6) is 0 Å². The van der Waals surface area contributed by atoms with Crippen LogP contribution in [0.25, 0.3) is 0 Å². The summed E-state index contributed by atoms with van der Waals surface area (Å²) in [7, 11) is 0. The van der Waals surface area contributed by atoms with Crippen LogP contribution in [-0.2, 0) is 9.59 Å². The second-order valence-electron chi connectivity index (χ2n) is 7.61. The summed E-state index contributed by atoms with van der Waals surface area (Å²) >= 11 is 0. The number of carboxylic acid groups (broad SMARTS) is 1. The van der Waals surface area contributed by atoms with Gasteiger partial charge in [-0.3, -0.25) is 4.79 Å². The molecule has 2 atom stereocenters. The number of carbonyl (C=O) groups is 2. The maximum Gasteiger partial charge on any atom is 0.326 e. The van der Waals surface area contributed by atoms with Crippen molar-refractivity contribution in [2.24, 2.45) is 23.7 Å². The van der Waals surface area contributed by atoms with E-state index >= 15 is 0 Å². The number of carboxylic acids is 1. The van der Waals surface area contributed by atoms with E-state index in [1.54, 1.807) is 0 Å². The van der Waals surface area contributed by atoms with Crippen molar-refractivity contribution in [3.63, 3.8) is 0 Å². The Morgan fingerprint density at radius 2 is 1.87 bits per heavy atom. The first-order valence-corrected chi connectivity index (χ1v) is 9.17. The summed E-state index contributed by atoms with van der Waals surface area (Å²) < 4.78 is 0. The zero-order chi connectivity index (χ0) is 16.8. The number of hydrogen-bond acceptors (Lipinski definition) is 2. The van der Waals surface area contributed by atoms with Crippen LogP contribution in [0.2, 0.25) is 0 Å². The molecule has 0 bridgehead atoms. The molecule has 2 rings (SSSR count). The Morgan fingerprint density at radius 1 is 1.17 bits per heavy atom. The monoisotopic (exact) mass is 321 g/mol. The van der Waals surface area contributed by atoms with Gasteiger partial charge >= 0.3 is 5.97 Å². The molecule has 23 heavy (non-hydrogen) atoms. The second-order valence-corrected chi connectivity index (χ2v) is 7.61. The van der Waals surface area contributed by atoms with Gasteiger partial charge in [-0.15, -0.1) is 0 Å². The molecule has 1 amide bonds. The van der Waals surface area contributed by atoms with Crippen LogP contribution in [0.3, 0.4) is 0 Å². The number of amides is 1. The van der Waals surface area contributed by atoms with E-state index in [1.807, 2.05) is 0 Å². The maximum atomic E-state index is 12.4. The standard InChI is InChI=1S/C19H31NO3/c1-13(2)15-8-10-16(11-9-15)18(21)20-17(19(22)23)12-14-6-4-3-5-7-14/h4,6,13-17H,3,5,7-12H2,1-2H3,(H,20,21)(H,22,23)/t14?,15?,16?,17-/m1/s1. The number of nitrogens with one attached hydrogen (secondary N) is 1. The molecule has 0 aliphatic heterocycles. The molecule has 0 heterocycles. The van der Waals surface area contributed by atoms with E-state index in [9.17, 15) is 14.7 Å². The highest BCUT2D eigenvalue weighted by molar-refractivity contribution is 5.85. The Morgan fingerprint density at radius 3 is 2.39 bits per heavy atom. The van der Waals surface area contributed by atoms with Gasteiger partial charge in [0.15, 0.2) is 0 Å². The van der Waals surface area contributed by atoms with Crippen molar-refractivity contribution in [1.82, 2.24) is 5.32 Å². The van der Waals surface area contributed by atoms with Gasteiger partial charge in [0, 0.05) is 5.92 Å². The topological polar surface area (TPSA) is 66.4 Å². The third-order valence-electron chi connectivity index (χ3n) is 5.59. The SMILES string of the molecule is CC(C)C1CCC(C(=O)N[C@H](CC2C=CCCC2)C(=O)O)CC1. The molecule has 130 valence electrons. The normalized spacial score (nSPS) is 29.3. The molecule has 4 nitrogen and oxygen atoms in total. The minimum Gasteiger partial charge on any atom is -0.480 e. The van der Waals surface area contributed by atoms with E-state index in [2.05, 4.69) is 31.3 Å². The Balaban J connectivity index is 1.84. The Bertz CT molecular complexity index is 436. The molecule has 2 aliphatic rings. The highest BCUT2D eigenvalue weighted by atomic mass is 16.4. The van der Waals surface area contributed by atoms with Crippen LogP contribution in [0.1, 0.15) is 65.2 Å². The molecule has 2 N–H and O–H groups in total. The highest BCUT2D eigenvalue weighted by Gasteiger charge is 2.31. The molecule has 1 saturated carbocycles. The van der Waals surface area contributed by atoms with Gasteiger partial charge < -0.3 is 10.4 Å². The van der Waals surface area contributed by atoms with Crippen molar-refractivity contribution in [2.75, 3.05) is 0 Å². The van der Waals surface area contributed by atoms with Crippen LogP contribution in [0.4, 0.5) is 0 Å². The minimum atomic E-state index is -0.909. The van der Waals surface area contributed by atoms with E-state index in [4.69, 9.17) is 0 Å². The number of carbonyl (C=O) groups excluding carboxylic acids is 1. The van der Waals surface area contributed by atoms with Gasteiger partial charge in [-0.1, -0.05) is 26.0 Å². The lowest BCUT2D eigenvalue weighted by Crippen LogP contribution is -2.45. The average molecular weight is 321 g/mol. The van der Waals surface area contributed by atoms with Crippen LogP contribution in [0.15, 0.2) is 12.2 Å². The van der Waals surface area contributed by atoms with Gasteiger partial charge in [-0.2, -0.15) is 0 Å². The second kappa shape index (κ2) is 8.51. The molecular weight excluding hydrogens is 290 g/mol. The number of aliphatic carboxylic acids is 1. The Hall–Kier alpha value is -1.32. The van der Waals surface area contributed by atoms with Gasteiger partial charge in [0.1, 0.15) is 6.04 Å². The number of hydrogen-bond donors (Lipinski definition) is 2. The summed E-state index contributed by atoms with van der Waals surface area (Å²) in [6.45, 7) is 4.48. The number of allylic oxidation sites excluding steroid dienone is 2. The third kappa shape index (κ3) is 5.36. The first-order chi connectivity index (χ1) is 11.0. The zero-order valence-electron chi connectivity index (χ0n) is 14.5. The fraction of sp³-hybridized carbons (Fsp3) is 0.789. The summed E-state index contributed by atoms with van der Waals surface area (Å²) in [6, 6.07) is -0.752. The van der Waals surface area contributed by atoms with E-state index < -0.39 is 12.0 Å². The molecule has 0 radical (unpaired) electrons. The first-order valence-electron chi connectivity index (χ1n) is 9.17. The summed E-state index contributed by atoms with van der Waals surface area (Å²) in [5, 5.41) is 12.2. The minimum absolute atomic E-state index is 0.00579. The van der Waals surface area contributed by atoms with Gasteiger partial charge in [0.25, 0.3) is 0 Å². The van der Waals surface area contributed by atoms with Crippen molar-refractivity contribution in [3.8, 4) is 0 Å². The lowest BCUT2D eigenvalue weighted by atomic mass is 9.76. The fourth-order valence-corrected chi connectivity index (χ4v) is 3.94. The molecule has 0 aromatic heterocycles. The van der Waals surface area contributed by atoms with Crippen molar-refractivity contribution >= 4 is 11.9 Å². The molecule has 0 aromatic carbocycles. The summed E-state index contributed by atoms with van der Waals surface area (Å²) in [6.07, 6.45) is 11.9. The molecule has 0 saturated heterocycles. The molecule has 1 unspecified atom stereocenters. The Labute approximate surface area is 139 Å².